The van der Waals surface area contributed by atoms with Crippen LogP contribution in [0.25, 0.3) is 0 Å². The number of nitrogens with zero attached hydrogens (tertiary/aromatic N) is 2. The molecule has 3 amide bonds. The maximum atomic E-state index is 12.9. The fourth-order valence-electron chi connectivity index (χ4n) is 3.04. The minimum Gasteiger partial charge on any atom is -0.467 e. The molecular formula is C25H25N3O4. The molecule has 7 nitrogen and oxygen atoms in total. The Bertz CT molecular complexity index is 1010. The Labute approximate surface area is 186 Å². The van der Waals surface area contributed by atoms with Crippen LogP contribution in [-0.2, 0) is 33.8 Å². The van der Waals surface area contributed by atoms with Crippen LogP contribution in [0, 0.1) is 0 Å². The number of hydrogen-bond donors (Lipinski definition) is 1. The second-order valence-electron chi connectivity index (χ2n) is 7.29. The summed E-state index contributed by atoms with van der Waals surface area (Å²) in [6.45, 7) is 1.87. The van der Waals surface area contributed by atoms with Gasteiger partial charge in [-0.3, -0.25) is 14.4 Å². The lowest BCUT2D eigenvalue weighted by atomic mass is 10.1. The number of hydrazone groups is 1. The molecule has 1 N–H and O–H groups in total. The number of hydrogen-bond acceptors (Lipinski definition) is 5. The summed E-state index contributed by atoms with van der Waals surface area (Å²) in [5.41, 5.74) is 1.91. The van der Waals surface area contributed by atoms with Crippen LogP contribution in [0.5, 0.6) is 0 Å². The SMILES string of the molecule is C/C(CC(=O)NCc1ccco1)=N\N(C(=O)Cc1ccccc1)C(=O)Cc1ccccc1. The fourth-order valence-corrected chi connectivity index (χ4v) is 3.04. The second-order valence-corrected chi connectivity index (χ2v) is 7.29. The van der Waals surface area contributed by atoms with Crippen LogP contribution in [0.2, 0.25) is 0 Å². The van der Waals surface area contributed by atoms with E-state index in [0.29, 0.717) is 11.5 Å². The fraction of sp³-hybridized carbons (Fsp3) is 0.200. The first-order valence-electron chi connectivity index (χ1n) is 10.3. The molecule has 0 atom stereocenters. The molecule has 3 aromatic rings. The Hall–Kier alpha value is -4.00. The third-order valence-corrected chi connectivity index (χ3v) is 4.60. The van der Waals surface area contributed by atoms with Gasteiger partial charge in [0.25, 0.3) is 11.8 Å². The van der Waals surface area contributed by atoms with Gasteiger partial charge in [-0.15, -0.1) is 0 Å². The lowest BCUT2D eigenvalue weighted by Gasteiger charge is -2.17. The van der Waals surface area contributed by atoms with Crippen molar-refractivity contribution in [2.45, 2.75) is 32.7 Å². The zero-order valence-electron chi connectivity index (χ0n) is 17.9. The van der Waals surface area contributed by atoms with Crippen LogP contribution >= 0.6 is 0 Å². The van der Waals surface area contributed by atoms with Gasteiger partial charge in [0.1, 0.15) is 5.76 Å². The minimum absolute atomic E-state index is 0.0306. The van der Waals surface area contributed by atoms with Gasteiger partial charge in [0.2, 0.25) is 5.91 Å². The van der Waals surface area contributed by atoms with Crippen molar-refractivity contribution in [1.29, 1.82) is 0 Å². The molecule has 0 spiro atoms. The monoisotopic (exact) mass is 431 g/mol. The Morgan fingerprint density at radius 2 is 1.41 bits per heavy atom. The lowest BCUT2D eigenvalue weighted by Crippen LogP contribution is -2.36. The molecule has 0 saturated heterocycles. The van der Waals surface area contributed by atoms with E-state index >= 15 is 0 Å². The molecular weight excluding hydrogens is 406 g/mol. The standard InChI is InChI=1S/C25H25N3O4/c1-19(15-23(29)26-18-22-13-8-14-32-22)27-28(24(30)16-20-9-4-2-5-10-20)25(31)17-21-11-6-3-7-12-21/h2-14H,15-18H2,1H3,(H,26,29)/b27-19+. The maximum Gasteiger partial charge on any atom is 0.254 e. The van der Waals surface area contributed by atoms with Gasteiger partial charge in [0, 0.05) is 5.71 Å². The van der Waals surface area contributed by atoms with Crippen LogP contribution in [0.15, 0.2) is 88.6 Å². The van der Waals surface area contributed by atoms with E-state index < -0.39 is 11.8 Å². The summed E-state index contributed by atoms with van der Waals surface area (Å²) in [5, 5.41) is 7.83. The molecule has 32 heavy (non-hydrogen) atoms. The molecule has 0 bridgehead atoms. The molecule has 0 unspecified atom stereocenters. The van der Waals surface area contributed by atoms with Crippen LogP contribution in [0.1, 0.15) is 30.2 Å². The molecule has 7 heteroatoms. The Balaban J connectivity index is 1.70. The van der Waals surface area contributed by atoms with Gasteiger partial charge in [-0.05, 0) is 30.2 Å². The highest BCUT2D eigenvalue weighted by Crippen LogP contribution is 2.09. The summed E-state index contributed by atoms with van der Waals surface area (Å²) in [6, 6.07) is 21.8. The summed E-state index contributed by atoms with van der Waals surface area (Å²) < 4.78 is 5.19. The van der Waals surface area contributed by atoms with Crippen molar-refractivity contribution in [2.75, 3.05) is 0 Å². The molecule has 0 aliphatic heterocycles. The van der Waals surface area contributed by atoms with Gasteiger partial charge >= 0.3 is 0 Å². The number of furan rings is 1. The van der Waals surface area contributed by atoms with Crippen molar-refractivity contribution >= 4 is 23.4 Å². The largest absolute Gasteiger partial charge is 0.467 e. The molecule has 0 aliphatic rings. The molecule has 0 radical (unpaired) electrons. The zero-order valence-corrected chi connectivity index (χ0v) is 17.9. The average Bonchev–Trinajstić information content (AvgIpc) is 3.31. The number of benzene rings is 2. The third kappa shape index (κ3) is 7.05. The van der Waals surface area contributed by atoms with Crippen molar-refractivity contribution in [3.63, 3.8) is 0 Å². The van der Waals surface area contributed by atoms with E-state index in [1.54, 1.807) is 19.1 Å². The summed E-state index contributed by atoms with van der Waals surface area (Å²) in [4.78, 5) is 38.1. The molecule has 1 heterocycles. The van der Waals surface area contributed by atoms with Gasteiger partial charge in [-0.25, -0.2) is 0 Å². The number of carbonyl (C=O) groups is 3. The van der Waals surface area contributed by atoms with E-state index in [9.17, 15) is 14.4 Å². The van der Waals surface area contributed by atoms with Gasteiger partial charge in [0.05, 0.1) is 32.1 Å². The Morgan fingerprint density at radius 1 is 0.844 bits per heavy atom. The molecule has 0 fully saturated rings. The van der Waals surface area contributed by atoms with Crippen LogP contribution in [0.3, 0.4) is 0 Å². The molecule has 0 saturated carbocycles. The maximum absolute atomic E-state index is 12.9. The smallest absolute Gasteiger partial charge is 0.254 e. The molecule has 164 valence electrons. The number of rotatable bonds is 9. The van der Waals surface area contributed by atoms with Gasteiger partial charge in [0.15, 0.2) is 0 Å². The highest BCUT2D eigenvalue weighted by atomic mass is 16.3. The summed E-state index contributed by atoms with van der Waals surface area (Å²) in [5.74, 6) is -0.556. The molecule has 0 aliphatic carbocycles. The third-order valence-electron chi connectivity index (χ3n) is 4.60. The summed E-state index contributed by atoms with van der Waals surface area (Å²) in [7, 11) is 0. The first-order valence-corrected chi connectivity index (χ1v) is 10.3. The molecule has 2 aromatic carbocycles. The normalized spacial score (nSPS) is 11.1. The lowest BCUT2D eigenvalue weighted by molar-refractivity contribution is -0.144. The van der Waals surface area contributed by atoms with Crippen LogP contribution < -0.4 is 5.32 Å². The molecule has 3 rings (SSSR count). The highest BCUT2D eigenvalue weighted by Gasteiger charge is 2.22. The van der Waals surface area contributed by atoms with E-state index in [-0.39, 0.29) is 31.7 Å². The highest BCUT2D eigenvalue weighted by molar-refractivity contribution is 6.02. The first-order chi connectivity index (χ1) is 15.5. The zero-order chi connectivity index (χ0) is 22.8. The predicted octanol–water partition coefficient (Wildman–Crippen LogP) is 3.50. The van der Waals surface area contributed by atoms with Crippen molar-refractivity contribution in [1.82, 2.24) is 10.3 Å². The minimum atomic E-state index is -0.451. The summed E-state index contributed by atoms with van der Waals surface area (Å²) >= 11 is 0. The van der Waals surface area contributed by atoms with E-state index in [0.717, 1.165) is 16.1 Å². The number of carbonyl (C=O) groups excluding carboxylic acids is 3. The predicted molar refractivity (Wildman–Crippen MR) is 120 cm³/mol. The van der Waals surface area contributed by atoms with E-state index in [1.807, 2.05) is 60.7 Å². The Morgan fingerprint density at radius 3 is 1.91 bits per heavy atom. The number of amides is 3. The van der Waals surface area contributed by atoms with Gasteiger partial charge < -0.3 is 9.73 Å². The van der Waals surface area contributed by atoms with Crippen molar-refractivity contribution in [3.8, 4) is 0 Å². The van der Waals surface area contributed by atoms with E-state index in [1.165, 1.54) is 6.26 Å². The Kier molecular flexibility index (Phi) is 8.09. The van der Waals surface area contributed by atoms with Crippen molar-refractivity contribution in [3.05, 3.63) is 95.9 Å². The van der Waals surface area contributed by atoms with Crippen LogP contribution in [0.4, 0.5) is 0 Å². The topological polar surface area (TPSA) is 92.0 Å². The second kappa shape index (κ2) is 11.4. The van der Waals surface area contributed by atoms with Crippen molar-refractivity contribution in [2.24, 2.45) is 5.10 Å². The molecule has 1 aromatic heterocycles. The first kappa shape index (κ1) is 22.7. The number of nitrogens with one attached hydrogen (secondary N) is 1. The average molecular weight is 431 g/mol. The van der Waals surface area contributed by atoms with Crippen LogP contribution in [-0.4, -0.2) is 28.4 Å². The van der Waals surface area contributed by atoms with E-state index in [2.05, 4.69) is 10.4 Å². The van der Waals surface area contributed by atoms with Gasteiger partial charge in [-0.2, -0.15) is 10.1 Å². The quantitative estimate of drug-likeness (QED) is 0.415. The summed E-state index contributed by atoms with van der Waals surface area (Å²) in [6.07, 6.45) is 1.54. The van der Waals surface area contributed by atoms with Crippen molar-refractivity contribution < 1.29 is 18.8 Å². The number of imide groups is 1. The van der Waals surface area contributed by atoms with Gasteiger partial charge in [-0.1, -0.05) is 60.7 Å². The van der Waals surface area contributed by atoms with E-state index in [4.69, 9.17) is 4.42 Å².